The van der Waals surface area contributed by atoms with Crippen molar-refractivity contribution in [1.29, 1.82) is 0 Å². The number of aryl methyl sites for hydroxylation is 1. The second-order valence-corrected chi connectivity index (χ2v) is 5.61. The fourth-order valence-corrected chi connectivity index (χ4v) is 2.44. The quantitative estimate of drug-likeness (QED) is 0.713. The fourth-order valence-electron chi connectivity index (χ4n) is 2.44. The molecule has 0 radical (unpaired) electrons. The van der Waals surface area contributed by atoms with Gasteiger partial charge in [-0.25, -0.2) is 0 Å². The summed E-state index contributed by atoms with van der Waals surface area (Å²) in [5.74, 6) is -0.423. The summed E-state index contributed by atoms with van der Waals surface area (Å²) in [7, 11) is 0. The van der Waals surface area contributed by atoms with Crippen LogP contribution in [0.25, 0.3) is 5.69 Å². The number of para-hydroxylation sites is 1. The monoisotopic (exact) mass is 335 g/mol. The molecule has 2 aromatic carbocycles. The van der Waals surface area contributed by atoms with E-state index in [1.807, 2.05) is 31.2 Å². The van der Waals surface area contributed by atoms with Crippen LogP contribution in [0, 0.1) is 6.92 Å². The van der Waals surface area contributed by atoms with Gasteiger partial charge in [-0.15, -0.1) is 5.10 Å². The van der Waals surface area contributed by atoms with Crippen LogP contribution < -0.4 is 11.1 Å². The van der Waals surface area contributed by atoms with Crippen molar-refractivity contribution in [3.8, 4) is 5.69 Å². The molecular formula is C18H17N5O2. The van der Waals surface area contributed by atoms with Crippen LogP contribution in [0.5, 0.6) is 0 Å². The highest BCUT2D eigenvalue weighted by atomic mass is 16.2. The van der Waals surface area contributed by atoms with Crippen molar-refractivity contribution in [2.75, 3.05) is 11.1 Å². The van der Waals surface area contributed by atoms with Crippen molar-refractivity contribution in [3.05, 3.63) is 65.4 Å². The first-order chi connectivity index (χ1) is 12.0. The number of nitrogens with zero attached hydrogens (tertiary/aromatic N) is 3. The number of hydrogen-bond donors (Lipinski definition) is 2. The average Bonchev–Trinajstić information content (AvgIpc) is 2.97. The van der Waals surface area contributed by atoms with E-state index in [0.29, 0.717) is 11.3 Å². The van der Waals surface area contributed by atoms with Gasteiger partial charge in [0.2, 0.25) is 0 Å². The summed E-state index contributed by atoms with van der Waals surface area (Å²) in [5, 5.41) is 10.6. The van der Waals surface area contributed by atoms with Gasteiger partial charge in [-0.3, -0.25) is 9.59 Å². The third kappa shape index (κ3) is 3.25. The van der Waals surface area contributed by atoms with E-state index in [-0.39, 0.29) is 17.3 Å². The molecule has 3 rings (SSSR count). The third-order valence-electron chi connectivity index (χ3n) is 3.79. The van der Waals surface area contributed by atoms with E-state index in [1.165, 1.54) is 11.6 Å². The number of hydrogen-bond acceptors (Lipinski definition) is 5. The Morgan fingerprint density at radius 2 is 1.88 bits per heavy atom. The number of carbonyl (C=O) groups is 2. The minimum absolute atomic E-state index is 0.0245. The molecule has 0 saturated carbocycles. The van der Waals surface area contributed by atoms with Crippen LogP contribution in [0.15, 0.2) is 48.5 Å². The van der Waals surface area contributed by atoms with Crippen molar-refractivity contribution in [3.63, 3.8) is 0 Å². The molecule has 1 aromatic heterocycles. The molecule has 1 heterocycles. The highest BCUT2D eigenvalue weighted by Crippen LogP contribution is 2.19. The molecule has 126 valence electrons. The summed E-state index contributed by atoms with van der Waals surface area (Å²) in [6.45, 7) is 3.39. The topological polar surface area (TPSA) is 103 Å². The molecule has 0 spiro atoms. The van der Waals surface area contributed by atoms with Gasteiger partial charge in [0, 0.05) is 11.3 Å². The number of carbonyl (C=O) groups excluding carboxylic acids is 2. The van der Waals surface area contributed by atoms with E-state index in [2.05, 4.69) is 15.6 Å². The van der Waals surface area contributed by atoms with Crippen LogP contribution in [0.4, 0.5) is 11.5 Å². The summed E-state index contributed by atoms with van der Waals surface area (Å²) in [4.78, 5) is 23.9. The zero-order valence-corrected chi connectivity index (χ0v) is 13.9. The molecule has 0 saturated heterocycles. The van der Waals surface area contributed by atoms with Gasteiger partial charge in [-0.05, 0) is 37.6 Å². The molecule has 7 heteroatoms. The van der Waals surface area contributed by atoms with Gasteiger partial charge in [-0.1, -0.05) is 35.5 Å². The van der Waals surface area contributed by atoms with Crippen LogP contribution in [-0.2, 0) is 0 Å². The van der Waals surface area contributed by atoms with Gasteiger partial charge in [0.15, 0.2) is 17.3 Å². The highest BCUT2D eigenvalue weighted by molar-refractivity contribution is 6.06. The SMILES string of the molecule is CC(=O)c1cccc(NC(=O)c2nnn(-c3ccccc3C)c2N)c1. The number of rotatable bonds is 4. The molecule has 0 atom stereocenters. The van der Waals surface area contributed by atoms with Crippen LogP contribution in [-0.4, -0.2) is 26.7 Å². The first-order valence-electron chi connectivity index (χ1n) is 7.67. The lowest BCUT2D eigenvalue weighted by Crippen LogP contribution is -2.15. The average molecular weight is 335 g/mol. The van der Waals surface area contributed by atoms with E-state index in [0.717, 1.165) is 11.3 Å². The van der Waals surface area contributed by atoms with Gasteiger partial charge in [0.1, 0.15) is 0 Å². The van der Waals surface area contributed by atoms with Gasteiger partial charge in [0.25, 0.3) is 5.91 Å². The second kappa shape index (κ2) is 6.56. The Balaban J connectivity index is 1.88. The van der Waals surface area contributed by atoms with Crippen molar-refractivity contribution < 1.29 is 9.59 Å². The fraction of sp³-hybridized carbons (Fsp3) is 0.111. The number of nitrogens with two attached hydrogens (primary N) is 1. The number of benzene rings is 2. The van der Waals surface area contributed by atoms with Gasteiger partial charge in [0.05, 0.1) is 5.69 Å². The molecule has 0 aliphatic rings. The van der Waals surface area contributed by atoms with Crippen LogP contribution >= 0.6 is 0 Å². The molecule has 3 aromatic rings. The Morgan fingerprint density at radius 1 is 1.12 bits per heavy atom. The molecule has 0 aliphatic carbocycles. The lowest BCUT2D eigenvalue weighted by molar-refractivity contribution is 0.100. The molecule has 0 aliphatic heterocycles. The summed E-state index contributed by atoms with van der Waals surface area (Å²) in [6, 6.07) is 14.2. The Labute approximate surface area is 144 Å². The maximum absolute atomic E-state index is 12.5. The third-order valence-corrected chi connectivity index (χ3v) is 3.79. The predicted octanol–water partition coefficient (Wildman–Crippen LogP) is 2.61. The van der Waals surface area contributed by atoms with E-state index in [9.17, 15) is 9.59 Å². The molecule has 7 nitrogen and oxygen atoms in total. The number of anilines is 2. The number of nitrogen functional groups attached to an aromatic ring is 1. The Kier molecular flexibility index (Phi) is 4.30. The summed E-state index contributed by atoms with van der Waals surface area (Å²) >= 11 is 0. The Morgan fingerprint density at radius 3 is 2.60 bits per heavy atom. The zero-order chi connectivity index (χ0) is 18.0. The minimum atomic E-state index is -0.488. The lowest BCUT2D eigenvalue weighted by Gasteiger charge is -2.07. The smallest absolute Gasteiger partial charge is 0.280 e. The molecule has 0 unspecified atom stereocenters. The maximum Gasteiger partial charge on any atom is 0.280 e. The highest BCUT2D eigenvalue weighted by Gasteiger charge is 2.19. The number of Topliss-reactive ketones (excluding diaryl/α,β-unsaturated/α-hetero) is 1. The van der Waals surface area contributed by atoms with Gasteiger partial charge in [-0.2, -0.15) is 4.68 Å². The van der Waals surface area contributed by atoms with E-state index >= 15 is 0 Å². The van der Waals surface area contributed by atoms with Gasteiger partial charge >= 0.3 is 0 Å². The molecule has 3 N–H and O–H groups in total. The largest absolute Gasteiger partial charge is 0.382 e. The molecule has 1 amide bonds. The molecule has 0 bridgehead atoms. The standard InChI is InChI=1S/C18H17N5O2/c1-11-6-3-4-9-15(11)23-17(19)16(21-22-23)18(25)20-14-8-5-7-13(10-14)12(2)24/h3-10H,19H2,1-2H3,(H,20,25). The number of aromatic nitrogens is 3. The van der Waals surface area contributed by atoms with Crippen LogP contribution in [0.2, 0.25) is 0 Å². The van der Waals surface area contributed by atoms with Crippen molar-refractivity contribution in [1.82, 2.24) is 15.0 Å². The minimum Gasteiger partial charge on any atom is -0.382 e. The first-order valence-corrected chi connectivity index (χ1v) is 7.67. The van der Waals surface area contributed by atoms with Crippen LogP contribution in [0.1, 0.15) is 33.3 Å². The molecule has 25 heavy (non-hydrogen) atoms. The zero-order valence-electron chi connectivity index (χ0n) is 13.9. The van der Waals surface area contributed by atoms with Crippen molar-refractivity contribution in [2.45, 2.75) is 13.8 Å². The molecular weight excluding hydrogens is 318 g/mol. The second-order valence-electron chi connectivity index (χ2n) is 5.61. The van der Waals surface area contributed by atoms with E-state index < -0.39 is 5.91 Å². The van der Waals surface area contributed by atoms with E-state index in [1.54, 1.807) is 24.3 Å². The van der Waals surface area contributed by atoms with Gasteiger partial charge < -0.3 is 11.1 Å². The Hall–Kier alpha value is -3.48. The summed E-state index contributed by atoms with van der Waals surface area (Å²) in [6.07, 6.45) is 0. The lowest BCUT2D eigenvalue weighted by atomic mass is 10.1. The predicted molar refractivity (Wildman–Crippen MR) is 94.9 cm³/mol. The van der Waals surface area contributed by atoms with E-state index in [4.69, 9.17) is 5.73 Å². The van der Waals surface area contributed by atoms with Crippen molar-refractivity contribution in [2.24, 2.45) is 0 Å². The molecule has 0 fully saturated rings. The first kappa shape index (κ1) is 16.4. The van der Waals surface area contributed by atoms with Crippen molar-refractivity contribution >= 4 is 23.2 Å². The summed E-state index contributed by atoms with van der Waals surface area (Å²) in [5.41, 5.74) is 8.79. The number of amides is 1. The normalized spacial score (nSPS) is 10.5. The maximum atomic E-state index is 12.5. The summed E-state index contributed by atoms with van der Waals surface area (Å²) < 4.78 is 1.43. The van der Waals surface area contributed by atoms with Crippen LogP contribution in [0.3, 0.4) is 0 Å². The Bertz CT molecular complexity index is 962. The number of nitrogens with one attached hydrogen (secondary N) is 1. The number of ketones is 1.